The zero-order valence-corrected chi connectivity index (χ0v) is 13.0. The lowest BCUT2D eigenvalue weighted by Crippen LogP contribution is -2.32. The number of nitrogens with zero attached hydrogens (tertiary/aromatic N) is 1. The molecule has 2 aromatic carbocycles. The fourth-order valence-electron chi connectivity index (χ4n) is 2.47. The molecule has 0 saturated carbocycles. The van der Waals surface area contributed by atoms with Gasteiger partial charge in [-0.05, 0) is 17.7 Å². The van der Waals surface area contributed by atoms with Crippen LogP contribution in [0.2, 0.25) is 0 Å². The second kappa shape index (κ2) is 7.04. The molecule has 1 amide bonds. The predicted octanol–water partition coefficient (Wildman–Crippen LogP) is 2.92. The van der Waals surface area contributed by atoms with Crippen LogP contribution in [-0.4, -0.2) is 35.2 Å². The van der Waals surface area contributed by atoms with Crippen molar-refractivity contribution in [3.05, 3.63) is 65.2 Å². The number of rotatable bonds is 3. The predicted molar refractivity (Wildman–Crippen MR) is 85.9 cm³/mol. The van der Waals surface area contributed by atoms with Gasteiger partial charge in [0.15, 0.2) is 0 Å². The number of carboxylic acids is 1. The van der Waals surface area contributed by atoms with E-state index in [1.54, 1.807) is 11.0 Å². The first-order valence-corrected chi connectivity index (χ1v) is 7.58. The van der Waals surface area contributed by atoms with Crippen molar-refractivity contribution in [1.82, 2.24) is 4.90 Å². The Morgan fingerprint density at radius 2 is 1.96 bits per heavy atom. The van der Waals surface area contributed by atoms with Crippen LogP contribution in [-0.2, 0) is 17.9 Å². The minimum atomic E-state index is -1.01. The summed E-state index contributed by atoms with van der Waals surface area (Å²) in [5.41, 5.74) is 1.84. The van der Waals surface area contributed by atoms with E-state index in [1.807, 2.05) is 30.3 Å². The highest BCUT2D eigenvalue weighted by Crippen LogP contribution is 2.25. The number of ether oxygens (including phenoxy) is 2. The Balaban J connectivity index is 1.67. The van der Waals surface area contributed by atoms with E-state index in [2.05, 4.69) is 0 Å². The standard InChI is InChI=1S/C18H17NO5/c20-17(21)14-6-7-15-11-19(8-9-23-16(15)10-14)18(22)24-12-13-4-2-1-3-5-13/h1-7,10H,8-9,11-12H2,(H,20,21). The molecule has 1 heterocycles. The Morgan fingerprint density at radius 1 is 1.17 bits per heavy atom. The van der Waals surface area contributed by atoms with Crippen LogP contribution >= 0.6 is 0 Å². The van der Waals surface area contributed by atoms with Crippen LogP contribution in [0.1, 0.15) is 21.5 Å². The van der Waals surface area contributed by atoms with Gasteiger partial charge in [-0.2, -0.15) is 0 Å². The average Bonchev–Trinajstić information content (AvgIpc) is 2.82. The summed E-state index contributed by atoms with van der Waals surface area (Å²) in [6.07, 6.45) is -0.419. The first-order chi connectivity index (χ1) is 11.6. The summed E-state index contributed by atoms with van der Waals surface area (Å²) >= 11 is 0. The third kappa shape index (κ3) is 3.65. The van der Waals surface area contributed by atoms with Crippen molar-refractivity contribution in [2.75, 3.05) is 13.2 Å². The van der Waals surface area contributed by atoms with E-state index < -0.39 is 12.1 Å². The molecule has 0 fully saturated rings. The topological polar surface area (TPSA) is 76.1 Å². The summed E-state index contributed by atoms with van der Waals surface area (Å²) in [6, 6.07) is 14.1. The summed E-state index contributed by atoms with van der Waals surface area (Å²) in [7, 11) is 0. The molecule has 0 aliphatic carbocycles. The normalized spacial score (nSPS) is 13.4. The number of hydrogen-bond acceptors (Lipinski definition) is 4. The molecule has 0 aromatic heterocycles. The molecule has 1 aliphatic rings. The molecule has 0 unspecified atom stereocenters. The molecule has 0 spiro atoms. The maximum Gasteiger partial charge on any atom is 0.410 e. The highest BCUT2D eigenvalue weighted by Gasteiger charge is 2.22. The van der Waals surface area contributed by atoms with Crippen molar-refractivity contribution >= 4 is 12.1 Å². The molecular formula is C18H17NO5. The van der Waals surface area contributed by atoms with Gasteiger partial charge in [0, 0.05) is 5.56 Å². The molecule has 0 atom stereocenters. The van der Waals surface area contributed by atoms with Gasteiger partial charge in [-0.3, -0.25) is 0 Å². The zero-order chi connectivity index (χ0) is 16.9. The molecular weight excluding hydrogens is 310 g/mol. The lowest BCUT2D eigenvalue weighted by molar-refractivity contribution is 0.0696. The monoisotopic (exact) mass is 327 g/mol. The molecule has 24 heavy (non-hydrogen) atoms. The lowest BCUT2D eigenvalue weighted by Gasteiger charge is -2.19. The van der Waals surface area contributed by atoms with E-state index in [1.165, 1.54) is 12.1 Å². The Morgan fingerprint density at radius 3 is 2.71 bits per heavy atom. The van der Waals surface area contributed by atoms with Gasteiger partial charge in [-0.1, -0.05) is 36.4 Å². The highest BCUT2D eigenvalue weighted by molar-refractivity contribution is 5.88. The summed E-state index contributed by atoms with van der Waals surface area (Å²) in [5.74, 6) is -0.516. The summed E-state index contributed by atoms with van der Waals surface area (Å²) in [5, 5.41) is 9.04. The maximum atomic E-state index is 12.3. The van der Waals surface area contributed by atoms with Crippen LogP contribution in [0, 0.1) is 0 Å². The Hall–Kier alpha value is -3.02. The lowest BCUT2D eigenvalue weighted by atomic mass is 10.1. The van der Waals surface area contributed by atoms with Gasteiger partial charge >= 0.3 is 12.1 Å². The van der Waals surface area contributed by atoms with Crippen LogP contribution in [0.15, 0.2) is 48.5 Å². The smallest absolute Gasteiger partial charge is 0.410 e. The molecule has 2 aromatic rings. The first-order valence-electron chi connectivity index (χ1n) is 7.58. The number of hydrogen-bond donors (Lipinski definition) is 1. The maximum absolute atomic E-state index is 12.3. The van der Waals surface area contributed by atoms with Gasteiger partial charge in [0.25, 0.3) is 0 Å². The fraction of sp³-hybridized carbons (Fsp3) is 0.222. The quantitative estimate of drug-likeness (QED) is 0.938. The van der Waals surface area contributed by atoms with Gasteiger partial charge in [-0.25, -0.2) is 9.59 Å². The van der Waals surface area contributed by atoms with Crippen LogP contribution in [0.25, 0.3) is 0 Å². The minimum absolute atomic E-state index is 0.161. The fourth-order valence-corrected chi connectivity index (χ4v) is 2.47. The number of aromatic carboxylic acids is 1. The Kier molecular flexibility index (Phi) is 4.65. The van der Waals surface area contributed by atoms with Crippen molar-refractivity contribution in [2.24, 2.45) is 0 Å². The SMILES string of the molecule is O=C(O)c1ccc2c(c1)OCCN(C(=O)OCc1ccccc1)C2. The van der Waals surface area contributed by atoms with E-state index in [0.717, 1.165) is 11.1 Å². The molecule has 0 saturated heterocycles. The number of fused-ring (bicyclic) bond motifs is 1. The number of amides is 1. The van der Waals surface area contributed by atoms with Crippen molar-refractivity contribution < 1.29 is 24.2 Å². The zero-order valence-electron chi connectivity index (χ0n) is 13.0. The first kappa shape index (κ1) is 15.9. The highest BCUT2D eigenvalue weighted by atomic mass is 16.6. The van der Waals surface area contributed by atoms with E-state index in [-0.39, 0.29) is 18.8 Å². The average molecular weight is 327 g/mol. The van der Waals surface area contributed by atoms with Gasteiger partial charge < -0.3 is 19.5 Å². The minimum Gasteiger partial charge on any atom is -0.491 e. The third-order valence-corrected chi connectivity index (χ3v) is 3.76. The molecule has 3 rings (SSSR count). The van der Waals surface area contributed by atoms with E-state index in [0.29, 0.717) is 18.8 Å². The third-order valence-electron chi connectivity index (χ3n) is 3.76. The molecule has 0 bridgehead atoms. The molecule has 6 nitrogen and oxygen atoms in total. The number of carboxylic acid groups (broad SMARTS) is 1. The van der Waals surface area contributed by atoms with Gasteiger partial charge in [0.05, 0.1) is 18.7 Å². The van der Waals surface area contributed by atoms with Crippen molar-refractivity contribution in [2.45, 2.75) is 13.2 Å². The van der Waals surface area contributed by atoms with Crippen molar-refractivity contribution in [1.29, 1.82) is 0 Å². The van der Waals surface area contributed by atoms with Crippen LogP contribution in [0.5, 0.6) is 5.75 Å². The number of benzene rings is 2. The van der Waals surface area contributed by atoms with Gasteiger partial charge in [0.2, 0.25) is 0 Å². The van der Waals surface area contributed by atoms with Crippen LogP contribution in [0.4, 0.5) is 4.79 Å². The summed E-state index contributed by atoms with van der Waals surface area (Å²) in [6.45, 7) is 1.20. The van der Waals surface area contributed by atoms with E-state index in [4.69, 9.17) is 14.6 Å². The molecule has 124 valence electrons. The molecule has 1 aliphatic heterocycles. The van der Waals surface area contributed by atoms with Gasteiger partial charge in [-0.15, -0.1) is 0 Å². The molecule has 0 radical (unpaired) electrons. The summed E-state index contributed by atoms with van der Waals surface area (Å²) in [4.78, 5) is 24.8. The number of carbonyl (C=O) groups is 2. The Bertz CT molecular complexity index is 744. The molecule has 6 heteroatoms. The van der Waals surface area contributed by atoms with Gasteiger partial charge in [0.1, 0.15) is 19.0 Å². The second-order valence-corrected chi connectivity index (χ2v) is 5.44. The van der Waals surface area contributed by atoms with Crippen molar-refractivity contribution in [3.8, 4) is 5.75 Å². The summed E-state index contributed by atoms with van der Waals surface area (Å²) < 4.78 is 10.9. The van der Waals surface area contributed by atoms with E-state index >= 15 is 0 Å². The van der Waals surface area contributed by atoms with E-state index in [9.17, 15) is 9.59 Å². The second-order valence-electron chi connectivity index (χ2n) is 5.44. The van der Waals surface area contributed by atoms with Crippen LogP contribution < -0.4 is 4.74 Å². The molecule has 1 N–H and O–H groups in total. The largest absolute Gasteiger partial charge is 0.491 e. The Labute approximate surface area is 139 Å². The number of carbonyl (C=O) groups excluding carboxylic acids is 1. The van der Waals surface area contributed by atoms with Crippen molar-refractivity contribution in [3.63, 3.8) is 0 Å². The van der Waals surface area contributed by atoms with Crippen LogP contribution in [0.3, 0.4) is 0 Å².